The average molecular weight is 268 g/mol. The van der Waals surface area contributed by atoms with Crippen molar-refractivity contribution in [3.05, 3.63) is 31.3 Å². The molecule has 2 aromatic heterocycles. The minimum absolute atomic E-state index is 0.106. The summed E-state index contributed by atoms with van der Waals surface area (Å²) < 4.78 is 2.43. The molecule has 0 amide bonds. The summed E-state index contributed by atoms with van der Waals surface area (Å²) in [5, 5.41) is 9.39. The molecule has 0 radical (unpaired) electrons. The van der Waals surface area contributed by atoms with E-state index in [2.05, 4.69) is 0 Å². The molecule has 6 nitrogen and oxygen atoms in total. The van der Waals surface area contributed by atoms with Crippen molar-refractivity contribution in [1.82, 2.24) is 9.13 Å². The molecule has 0 aliphatic rings. The largest absolute Gasteiger partial charge is 0.477 e. The molecule has 0 bridgehead atoms. The lowest BCUT2D eigenvalue weighted by Gasteiger charge is -2.06. The molecule has 0 saturated carbocycles. The van der Waals surface area contributed by atoms with Crippen molar-refractivity contribution >= 4 is 27.5 Å². The molecule has 0 aliphatic heterocycles. The van der Waals surface area contributed by atoms with Crippen molar-refractivity contribution in [1.29, 1.82) is 0 Å². The summed E-state index contributed by atoms with van der Waals surface area (Å²) in [5.41, 5.74) is -0.445. The van der Waals surface area contributed by atoms with Gasteiger partial charge < -0.3 is 5.11 Å². The smallest absolute Gasteiger partial charge is 0.346 e. The number of nitrogens with zero attached hydrogens (tertiary/aromatic N) is 2. The van der Waals surface area contributed by atoms with Gasteiger partial charge in [0, 0.05) is 13.6 Å². The minimum Gasteiger partial charge on any atom is -0.477 e. The highest BCUT2D eigenvalue weighted by atomic mass is 32.1. The van der Waals surface area contributed by atoms with Crippen LogP contribution in [0.4, 0.5) is 0 Å². The Morgan fingerprint density at radius 3 is 2.50 bits per heavy atom. The van der Waals surface area contributed by atoms with Crippen molar-refractivity contribution in [2.75, 3.05) is 0 Å². The maximum Gasteiger partial charge on any atom is 0.346 e. The number of aromatic nitrogens is 2. The molecular weight excluding hydrogens is 256 g/mol. The summed E-state index contributed by atoms with van der Waals surface area (Å²) in [6.07, 6.45) is 0. The van der Waals surface area contributed by atoms with Gasteiger partial charge in [-0.2, -0.15) is 0 Å². The van der Waals surface area contributed by atoms with Gasteiger partial charge in [0.1, 0.15) is 9.71 Å². The molecule has 0 aliphatic carbocycles. The molecular formula is C11H12N2O4S. The average Bonchev–Trinajstić information content (AvgIpc) is 2.65. The molecule has 96 valence electrons. The second-order valence-electron chi connectivity index (χ2n) is 3.93. The third-order valence-corrected chi connectivity index (χ3v) is 4.22. The van der Waals surface area contributed by atoms with Gasteiger partial charge in [0.2, 0.25) is 0 Å². The molecule has 18 heavy (non-hydrogen) atoms. The zero-order valence-corrected chi connectivity index (χ0v) is 11.0. The molecule has 0 fully saturated rings. The van der Waals surface area contributed by atoms with E-state index in [1.807, 2.05) is 0 Å². The van der Waals surface area contributed by atoms with Gasteiger partial charge in [-0.15, -0.1) is 11.3 Å². The highest BCUT2D eigenvalue weighted by molar-refractivity contribution is 7.20. The van der Waals surface area contributed by atoms with Crippen LogP contribution >= 0.6 is 11.3 Å². The summed E-state index contributed by atoms with van der Waals surface area (Å²) in [6.45, 7) is 3.76. The van der Waals surface area contributed by atoms with E-state index in [4.69, 9.17) is 5.11 Å². The Balaban J connectivity index is 3.12. The fourth-order valence-corrected chi connectivity index (χ4v) is 3.14. The molecule has 0 atom stereocenters. The Labute approximate surface area is 106 Å². The van der Waals surface area contributed by atoms with Gasteiger partial charge in [-0.3, -0.25) is 13.9 Å². The van der Waals surface area contributed by atoms with Crippen LogP contribution in [0, 0.1) is 6.92 Å². The quantitative estimate of drug-likeness (QED) is 0.873. The molecule has 0 spiro atoms. The minimum atomic E-state index is -1.08. The van der Waals surface area contributed by atoms with Gasteiger partial charge in [-0.05, 0) is 19.4 Å². The Morgan fingerprint density at radius 1 is 1.39 bits per heavy atom. The molecule has 2 rings (SSSR count). The number of aryl methyl sites for hydroxylation is 2. The van der Waals surface area contributed by atoms with Crippen LogP contribution in [-0.4, -0.2) is 20.2 Å². The van der Waals surface area contributed by atoms with Crippen LogP contribution < -0.4 is 11.2 Å². The predicted molar refractivity (Wildman–Crippen MR) is 68.7 cm³/mol. The number of hydrogen-bond acceptors (Lipinski definition) is 4. The van der Waals surface area contributed by atoms with Crippen molar-refractivity contribution in [3.63, 3.8) is 0 Å². The number of aromatic carboxylic acids is 1. The van der Waals surface area contributed by atoms with Crippen molar-refractivity contribution in [2.45, 2.75) is 20.4 Å². The normalized spacial score (nSPS) is 11.1. The van der Waals surface area contributed by atoms with E-state index in [1.54, 1.807) is 13.8 Å². The molecule has 1 N–H and O–H groups in total. The van der Waals surface area contributed by atoms with E-state index >= 15 is 0 Å². The second kappa shape index (κ2) is 4.09. The van der Waals surface area contributed by atoms with E-state index in [9.17, 15) is 14.4 Å². The molecule has 0 saturated heterocycles. The lowest BCUT2D eigenvalue weighted by atomic mass is 10.2. The standard InChI is InChI=1S/C11H12N2O4S/c1-4-13-9-6(8(14)12(3)11(13)17)5(2)7(18-9)10(15)16/h4H2,1-3H3,(H,15,16). The summed E-state index contributed by atoms with van der Waals surface area (Å²) in [6, 6.07) is 0. The number of carbonyl (C=O) groups is 1. The Kier molecular flexibility index (Phi) is 2.86. The van der Waals surface area contributed by atoms with Gasteiger partial charge in [0.25, 0.3) is 5.56 Å². The van der Waals surface area contributed by atoms with Crippen LogP contribution in [0.15, 0.2) is 9.59 Å². The van der Waals surface area contributed by atoms with Crippen LogP contribution in [0.1, 0.15) is 22.2 Å². The van der Waals surface area contributed by atoms with Crippen LogP contribution in [0.5, 0.6) is 0 Å². The molecule has 2 heterocycles. The lowest BCUT2D eigenvalue weighted by Crippen LogP contribution is -2.37. The summed E-state index contributed by atoms with van der Waals surface area (Å²) in [7, 11) is 1.40. The number of carboxylic acid groups (broad SMARTS) is 1. The fraction of sp³-hybridized carbons (Fsp3) is 0.364. The van der Waals surface area contributed by atoms with Gasteiger partial charge in [-0.25, -0.2) is 9.59 Å². The first kappa shape index (κ1) is 12.6. The number of hydrogen-bond donors (Lipinski definition) is 1. The molecule has 7 heteroatoms. The Morgan fingerprint density at radius 2 is 2.00 bits per heavy atom. The number of carboxylic acids is 1. The maximum atomic E-state index is 12.0. The van der Waals surface area contributed by atoms with Crippen LogP contribution in [-0.2, 0) is 13.6 Å². The Hall–Kier alpha value is -1.89. The summed E-state index contributed by atoms with van der Waals surface area (Å²) in [5.74, 6) is -1.08. The van der Waals surface area contributed by atoms with Gasteiger partial charge in [0.05, 0.1) is 5.39 Å². The van der Waals surface area contributed by atoms with E-state index in [1.165, 1.54) is 11.6 Å². The van der Waals surface area contributed by atoms with E-state index in [-0.39, 0.29) is 4.88 Å². The first-order chi connectivity index (χ1) is 8.40. The highest BCUT2D eigenvalue weighted by Gasteiger charge is 2.20. The Bertz CT molecular complexity index is 766. The molecule has 2 aromatic rings. The highest BCUT2D eigenvalue weighted by Crippen LogP contribution is 2.27. The zero-order chi connectivity index (χ0) is 13.6. The van der Waals surface area contributed by atoms with Crippen molar-refractivity contribution in [3.8, 4) is 0 Å². The third kappa shape index (κ3) is 1.51. The van der Waals surface area contributed by atoms with Crippen molar-refractivity contribution < 1.29 is 9.90 Å². The summed E-state index contributed by atoms with van der Waals surface area (Å²) in [4.78, 5) is 35.6. The SMILES string of the molecule is CCn1c(=O)n(C)c(=O)c2c(C)c(C(=O)O)sc21. The second-order valence-corrected chi connectivity index (χ2v) is 4.93. The fourth-order valence-electron chi connectivity index (χ4n) is 1.95. The third-order valence-electron chi connectivity index (χ3n) is 2.92. The molecule has 0 aromatic carbocycles. The van der Waals surface area contributed by atoms with Gasteiger partial charge in [0.15, 0.2) is 0 Å². The van der Waals surface area contributed by atoms with Crippen LogP contribution in [0.2, 0.25) is 0 Å². The zero-order valence-electron chi connectivity index (χ0n) is 10.2. The topological polar surface area (TPSA) is 81.3 Å². The number of rotatable bonds is 2. The van der Waals surface area contributed by atoms with Gasteiger partial charge >= 0.3 is 11.7 Å². The summed E-state index contributed by atoms with van der Waals surface area (Å²) >= 11 is 0.970. The maximum absolute atomic E-state index is 12.0. The first-order valence-corrected chi connectivity index (χ1v) is 6.18. The monoisotopic (exact) mass is 268 g/mol. The lowest BCUT2D eigenvalue weighted by molar-refractivity contribution is 0.0701. The first-order valence-electron chi connectivity index (χ1n) is 5.36. The van der Waals surface area contributed by atoms with Crippen LogP contribution in [0.3, 0.4) is 0 Å². The van der Waals surface area contributed by atoms with Gasteiger partial charge in [-0.1, -0.05) is 0 Å². The van der Waals surface area contributed by atoms with E-state index in [0.29, 0.717) is 22.3 Å². The predicted octanol–water partition coefficient (Wildman–Crippen LogP) is 0.788. The van der Waals surface area contributed by atoms with Crippen molar-refractivity contribution in [2.24, 2.45) is 7.05 Å². The van der Waals surface area contributed by atoms with Crippen LogP contribution in [0.25, 0.3) is 10.2 Å². The van der Waals surface area contributed by atoms with E-state index < -0.39 is 17.2 Å². The number of fused-ring (bicyclic) bond motifs is 1. The number of thiophene rings is 1. The molecule has 0 unspecified atom stereocenters. The van der Waals surface area contributed by atoms with E-state index in [0.717, 1.165) is 15.9 Å².